The molecule has 0 bridgehead atoms. The third-order valence-electron chi connectivity index (χ3n) is 8.21. The van der Waals surface area contributed by atoms with E-state index in [1.807, 2.05) is 12.2 Å². The highest BCUT2D eigenvalue weighted by atomic mass is 31.2. The van der Waals surface area contributed by atoms with Crippen molar-refractivity contribution in [2.75, 3.05) is 26.4 Å². The zero-order valence-electron chi connectivity index (χ0n) is 32.2. The number of carbonyl (C=O) groups excluding carboxylic acids is 1. The maximum Gasteiger partial charge on any atom is 0.405 e. The van der Waals surface area contributed by atoms with Crippen molar-refractivity contribution in [3.05, 3.63) is 85.3 Å². The van der Waals surface area contributed by atoms with Gasteiger partial charge in [-0.3, -0.25) is 13.8 Å². The molecule has 2 unspecified atom stereocenters. The van der Waals surface area contributed by atoms with Gasteiger partial charge in [-0.25, -0.2) is 9.65 Å². The van der Waals surface area contributed by atoms with Crippen molar-refractivity contribution < 1.29 is 27.9 Å². The molecular formula is C43H72NO6P. The van der Waals surface area contributed by atoms with Gasteiger partial charge in [-0.2, -0.15) is 0 Å². The molecule has 290 valence electrons. The number of carbonyl (C=O) groups is 1. The second-order valence-electron chi connectivity index (χ2n) is 13.0. The number of ether oxygens (including phenoxy) is 2. The van der Waals surface area contributed by atoms with E-state index in [4.69, 9.17) is 18.5 Å². The highest BCUT2D eigenvalue weighted by molar-refractivity contribution is 7.51. The van der Waals surface area contributed by atoms with Gasteiger partial charge in [0.05, 0.1) is 19.5 Å². The fourth-order valence-electron chi connectivity index (χ4n) is 5.26. The topological polar surface area (TPSA) is 83.1 Å². The summed E-state index contributed by atoms with van der Waals surface area (Å²) >= 11 is 0. The van der Waals surface area contributed by atoms with E-state index in [1.54, 1.807) is 6.26 Å². The maximum atomic E-state index is 12.6. The van der Waals surface area contributed by atoms with Crippen LogP contribution in [0.1, 0.15) is 149 Å². The first kappa shape index (κ1) is 46.6. The Morgan fingerprint density at radius 2 is 1.16 bits per heavy atom. The summed E-state index contributed by atoms with van der Waals surface area (Å²) < 4.78 is 34.5. The Labute approximate surface area is 312 Å². The second-order valence-corrected chi connectivity index (χ2v) is 14.8. The summed E-state index contributed by atoms with van der Waals surface area (Å²) in [7, 11) is -3.34. The summed E-state index contributed by atoms with van der Waals surface area (Å²) in [4.78, 5) is 12.6. The number of hydrogen-bond acceptors (Lipinski definition) is 6. The van der Waals surface area contributed by atoms with Crippen LogP contribution in [-0.2, 0) is 27.9 Å². The predicted molar refractivity (Wildman–Crippen MR) is 216 cm³/mol. The molecule has 0 aromatic heterocycles. The summed E-state index contributed by atoms with van der Waals surface area (Å²) in [5, 5.41) is 2.75. The van der Waals surface area contributed by atoms with E-state index in [0.717, 1.165) is 51.4 Å². The standard InChI is InChI=1S/C43H72NO6P/c1-3-5-7-9-11-13-15-17-19-20-21-22-23-24-26-28-30-32-34-36-43(45)50-42(41-49-51(46)44-37-39-48-51)40-47-38-35-33-31-29-27-25-18-16-14-12-10-8-6-4-2/h5,7,11,13,17,19,21-22,24,26,30,32,35,38,42H,3-4,6,8-10,12,14-16,18,20,23,25,27-29,31,33-34,36-37,39-41H2,1-2H3,(H,44,46)/b7-5-,13-11-,19-17-,22-21-,26-24-,32-30-,38-35-. The van der Waals surface area contributed by atoms with Crippen LogP contribution in [0.3, 0.4) is 0 Å². The Kier molecular flexibility index (Phi) is 32.8. The molecule has 1 fully saturated rings. The molecule has 0 aromatic rings. The summed E-state index contributed by atoms with van der Waals surface area (Å²) in [5.41, 5.74) is 0. The SMILES string of the molecule is CC/C=C\C/C=C\C/C=C\C/C=C\C/C=C\C/C=C\CCC(=O)OC(CO/C=C\CCCCCCCCCCCCCC)COP1(=O)NCCO1. The fraction of sp³-hybridized carbons (Fsp3) is 0.651. The number of esters is 1. The van der Waals surface area contributed by atoms with Crippen LogP contribution in [0.2, 0.25) is 0 Å². The number of unbranched alkanes of at least 4 members (excludes halogenated alkanes) is 12. The van der Waals surface area contributed by atoms with E-state index >= 15 is 0 Å². The van der Waals surface area contributed by atoms with Gasteiger partial charge in [0, 0.05) is 13.0 Å². The summed E-state index contributed by atoms with van der Waals surface area (Å²) in [6, 6.07) is 0. The molecule has 1 N–H and O–H groups in total. The Morgan fingerprint density at radius 3 is 1.67 bits per heavy atom. The molecule has 1 saturated heterocycles. The van der Waals surface area contributed by atoms with E-state index in [0.29, 0.717) is 19.6 Å². The Balaban J connectivity index is 2.20. The van der Waals surface area contributed by atoms with E-state index in [-0.39, 0.29) is 25.6 Å². The molecule has 0 aliphatic carbocycles. The van der Waals surface area contributed by atoms with Crippen LogP contribution < -0.4 is 5.09 Å². The molecule has 0 spiro atoms. The zero-order valence-corrected chi connectivity index (χ0v) is 33.1. The normalized spacial score (nSPS) is 17.6. The second kappa shape index (κ2) is 35.9. The molecule has 7 nitrogen and oxygen atoms in total. The monoisotopic (exact) mass is 730 g/mol. The van der Waals surface area contributed by atoms with E-state index < -0.39 is 13.9 Å². The Hall–Kier alpha value is -2.44. The van der Waals surface area contributed by atoms with Gasteiger partial charge in [0.2, 0.25) is 0 Å². The molecule has 0 radical (unpaired) electrons. The van der Waals surface area contributed by atoms with Gasteiger partial charge < -0.3 is 9.47 Å². The highest BCUT2D eigenvalue weighted by Gasteiger charge is 2.31. The highest BCUT2D eigenvalue weighted by Crippen LogP contribution is 2.46. The molecule has 1 aliphatic rings. The molecule has 0 aromatic carbocycles. The molecule has 1 heterocycles. The van der Waals surface area contributed by atoms with Crippen LogP contribution in [-0.4, -0.2) is 38.4 Å². The minimum atomic E-state index is -3.34. The Morgan fingerprint density at radius 1 is 0.647 bits per heavy atom. The summed E-state index contributed by atoms with van der Waals surface area (Å²) in [6.45, 7) is 5.26. The first-order valence-corrected chi connectivity index (χ1v) is 21.6. The van der Waals surface area contributed by atoms with Crippen molar-refractivity contribution >= 4 is 13.7 Å². The summed E-state index contributed by atoms with van der Waals surface area (Å²) in [6.07, 6.45) is 52.4. The quantitative estimate of drug-likeness (QED) is 0.0232. The van der Waals surface area contributed by atoms with Gasteiger partial charge in [-0.15, -0.1) is 0 Å². The minimum Gasteiger partial charge on any atom is -0.498 e. The van der Waals surface area contributed by atoms with Crippen molar-refractivity contribution in [3.63, 3.8) is 0 Å². The zero-order chi connectivity index (χ0) is 36.8. The van der Waals surface area contributed by atoms with Crippen molar-refractivity contribution in [1.29, 1.82) is 0 Å². The Bertz CT molecular complexity index is 1070. The molecular weight excluding hydrogens is 657 g/mol. The number of rotatable bonds is 34. The van der Waals surface area contributed by atoms with Crippen molar-refractivity contribution in [2.45, 2.75) is 155 Å². The maximum absolute atomic E-state index is 12.6. The molecule has 1 rings (SSSR count). The third-order valence-corrected chi connectivity index (χ3v) is 9.83. The van der Waals surface area contributed by atoms with E-state index in [1.165, 1.54) is 70.6 Å². The van der Waals surface area contributed by atoms with Crippen LogP contribution in [0.5, 0.6) is 0 Å². The molecule has 0 saturated carbocycles. The smallest absolute Gasteiger partial charge is 0.405 e. The van der Waals surface area contributed by atoms with Crippen molar-refractivity contribution in [3.8, 4) is 0 Å². The first-order chi connectivity index (χ1) is 25.1. The average Bonchev–Trinajstić information content (AvgIpc) is 3.57. The lowest BCUT2D eigenvalue weighted by Gasteiger charge is -2.19. The molecule has 8 heteroatoms. The number of hydrogen-bond donors (Lipinski definition) is 1. The van der Waals surface area contributed by atoms with E-state index in [2.05, 4.69) is 85.8 Å². The number of nitrogens with one attached hydrogen (secondary N) is 1. The fourth-order valence-corrected chi connectivity index (χ4v) is 6.58. The van der Waals surface area contributed by atoms with Gasteiger partial charge >= 0.3 is 13.7 Å². The van der Waals surface area contributed by atoms with Gasteiger partial charge in [0.15, 0.2) is 6.10 Å². The lowest BCUT2D eigenvalue weighted by Crippen LogP contribution is -2.28. The van der Waals surface area contributed by atoms with E-state index in [9.17, 15) is 9.36 Å². The molecule has 2 atom stereocenters. The van der Waals surface area contributed by atoms with Crippen LogP contribution in [0.4, 0.5) is 0 Å². The molecule has 0 amide bonds. The lowest BCUT2D eigenvalue weighted by molar-refractivity contribution is -0.153. The van der Waals surface area contributed by atoms with Crippen LogP contribution in [0, 0.1) is 0 Å². The van der Waals surface area contributed by atoms with Gasteiger partial charge in [-0.05, 0) is 63.9 Å². The van der Waals surface area contributed by atoms with Gasteiger partial charge in [-0.1, -0.05) is 157 Å². The summed E-state index contributed by atoms with van der Waals surface area (Å²) in [5.74, 6) is -0.342. The predicted octanol–water partition coefficient (Wildman–Crippen LogP) is 12.7. The van der Waals surface area contributed by atoms with Crippen LogP contribution in [0.15, 0.2) is 85.3 Å². The first-order valence-electron chi connectivity index (χ1n) is 20.1. The molecule has 51 heavy (non-hydrogen) atoms. The largest absolute Gasteiger partial charge is 0.498 e. The van der Waals surface area contributed by atoms with Crippen LogP contribution >= 0.6 is 7.75 Å². The minimum absolute atomic E-state index is 0.0670. The number of allylic oxidation sites excluding steroid dienone is 13. The van der Waals surface area contributed by atoms with Gasteiger partial charge in [0.25, 0.3) is 0 Å². The van der Waals surface area contributed by atoms with Gasteiger partial charge in [0.1, 0.15) is 6.61 Å². The lowest BCUT2D eigenvalue weighted by atomic mass is 10.0. The average molecular weight is 730 g/mol. The van der Waals surface area contributed by atoms with Crippen molar-refractivity contribution in [2.24, 2.45) is 0 Å². The van der Waals surface area contributed by atoms with Crippen molar-refractivity contribution in [1.82, 2.24) is 5.09 Å². The molecule has 1 aliphatic heterocycles. The third kappa shape index (κ3) is 32.0. The van der Waals surface area contributed by atoms with Crippen LogP contribution in [0.25, 0.3) is 0 Å².